The van der Waals surface area contributed by atoms with Gasteiger partial charge in [0.1, 0.15) is 5.75 Å². The number of halogens is 1. The van der Waals surface area contributed by atoms with E-state index in [1.807, 2.05) is 11.8 Å². The Labute approximate surface area is 219 Å². The van der Waals surface area contributed by atoms with E-state index in [2.05, 4.69) is 9.97 Å². The van der Waals surface area contributed by atoms with Gasteiger partial charge in [-0.05, 0) is 50.1 Å². The summed E-state index contributed by atoms with van der Waals surface area (Å²) < 4.78 is 38.0. The zero-order valence-electron chi connectivity index (χ0n) is 21.5. The Morgan fingerprint density at radius 2 is 1.89 bits per heavy atom. The largest absolute Gasteiger partial charge is 0.493 e. The highest BCUT2D eigenvalue weighted by atomic mass is 19.1. The lowest BCUT2D eigenvalue weighted by Crippen LogP contribution is -2.52. The topological polar surface area (TPSA) is 85.9 Å². The predicted molar refractivity (Wildman–Crippen MR) is 141 cm³/mol. The molecule has 0 aliphatic carbocycles. The van der Waals surface area contributed by atoms with Gasteiger partial charge in [-0.3, -0.25) is 9.78 Å². The number of likely N-dealkylation sites (tertiary alicyclic amines) is 1. The van der Waals surface area contributed by atoms with Crippen LogP contribution in [0.2, 0.25) is 0 Å². The first-order valence-electron chi connectivity index (χ1n) is 12.9. The molecule has 2 aromatic heterocycles. The number of aryl methyl sites for hydroxylation is 1. The van der Waals surface area contributed by atoms with E-state index in [0.717, 1.165) is 44.8 Å². The maximum Gasteiger partial charge on any atom is 0.225 e. The fourth-order valence-electron chi connectivity index (χ4n) is 5.29. The minimum absolute atomic E-state index is 0.0882. The average molecular weight is 520 g/mol. The maximum absolute atomic E-state index is 15.1. The molecule has 1 amide bonds. The number of piperidine rings is 1. The number of pyridine rings is 1. The number of ether oxygens (including phenoxy) is 4. The van der Waals surface area contributed by atoms with E-state index in [-0.39, 0.29) is 24.7 Å². The standard InChI is InChI=1S/C29H30FN3O5/c1-18-13-20-21(32-18)3-4-24(28(20)30)38-23-5-9-31-22-15-26(25(35-2)14-19(22)23)37-12-6-27(34)33-10-7-29(8-11-33)16-36-17-29/h3-5,9,13-15,32H,6-8,10-12,16-17H2,1-2H3. The van der Waals surface area contributed by atoms with Crippen LogP contribution in [0.1, 0.15) is 25.0 Å². The summed E-state index contributed by atoms with van der Waals surface area (Å²) >= 11 is 0. The van der Waals surface area contributed by atoms with Gasteiger partial charge in [0.25, 0.3) is 0 Å². The molecule has 0 radical (unpaired) electrons. The van der Waals surface area contributed by atoms with Crippen LogP contribution in [0.25, 0.3) is 21.8 Å². The van der Waals surface area contributed by atoms with Gasteiger partial charge < -0.3 is 28.8 Å². The van der Waals surface area contributed by atoms with Gasteiger partial charge >= 0.3 is 0 Å². The molecule has 198 valence electrons. The van der Waals surface area contributed by atoms with Crippen LogP contribution in [0, 0.1) is 18.2 Å². The summed E-state index contributed by atoms with van der Waals surface area (Å²) in [7, 11) is 1.55. The van der Waals surface area contributed by atoms with E-state index in [1.54, 1.807) is 49.7 Å². The monoisotopic (exact) mass is 519 g/mol. The minimum Gasteiger partial charge on any atom is -0.493 e. The zero-order chi connectivity index (χ0) is 26.3. The number of methoxy groups -OCH3 is 1. The number of fused-ring (bicyclic) bond motifs is 2. The molecule has 0 unspecified atom stereocenters. The Hall–Kier alpha value is -3.85. The molecule has 9 heteroatoms. The van der Waals surface area contributed by atoms with Gasteiger partial charge in [-0.25, -0.2) is 4.39 Å². The van der Waals surface area contributed by atoms with E-state index in [4.69, 9.17) is 18.9 Å². The number of nitrogens with one attached hydrogen (secondary N) is 1. The highest BCUT2D eigenvalue weighted by Crippen LogP contribution is 2.40. The number of rotatable bonds is 7. The van der Waals surface area contributed by atoms with Crippen molar-refractivity contribution in [2.24, 2.45) is 5.41 Å². The molecule has 1 N–H and O–H groups in total. The first-order chi connectivity index (χ1) is 18.4. The van der Waals surface area contributed by atoms with Crippen molar-refractivity contribution in [3.05, 3.63) is 54.1 Å². The van der Waals surface area contributed by atoms with Crippen LogP contribution >= 0.6 is 0 Å². The van der Waals surface area contributed by atoms with Gasteiger partial charge in [0.2, 0.25) is 5.91 Å². The maximum atomic E-state index is 15.1. The lowest BCUT2D eigenvalue weighted by atomic mass is 9.77. The molecule has 4 heterocycles. The molecule has 38 heavy (non-hydrogen) atoms. The van der Waals surface area contributed by atoms with Crippen molar-refractivity contribution in [3.8, 4) is 23.0 Å². The third-order valence-corrected chi connectivity index (χ3v) is 7.61. The third-order valence-electron chi connectivity index (χ3n) is 7.61. The van der Waals surface area contributed by atoms with E-state index < -0.39 is 5.82 Å². The Morgan fingerprint density at radius 3 is 2.63 bits per heavy atom. The molecule has 2 aliphatic heterocycles. The van der Waals surface area contributed by atoms with Gasteiger partial charge in [-0.2, -0.15) is 0 Å². The van der Waals surface area contributed by atoms with Crippen molar-refractivity contribution in [1.82, 2.24) is 14.9 Å². The van der Waals surface area contributed by atoms with Crippen LogP contribution in [-0.4, -0.2) is 60.8 Å². The molecule has 0 saturated carbocycles. The Morgan fingerprint density at radius 1 is 1.08 bits per heavy atom. The Kier molecular flexibility index (Phi) is 6.31. The molecular weight excluding hydrogens is 489 g/mol. The number of nitrogens with zero attached hydrogens (tertiary/aromatic N) is 2. The van der Waals surface area contributed by atoms with E-state index in [1.165, 1.54) is 0 Å². The van der Waals surface area contributed by atoms with Crippen molar-refractivity contribution < 1.29 is 28.1 Å². The molecule has 4 aromatic rings. The summed E-state index contributed by atoms with van der Waals surface area (Å²) in [5.74, 6) is 1.18. The van der Waals surface area contributed by atoms with Crippen molar-refractivity contribution in [3.63, 3.8) is 0 Å². The van der Waals surface area contributed by atoms with E-state index in [9.17, 15) is 4.79 Å². The predicted octanol–water partition coefficient (Wildman–Crippen LogP) is 5.37. The lowest BCUT2D eigenvalue weighted by molar-refractivity contribution is -0.153. The summed E-state index contributed by atoms with van der Waals surface area (Å²) in [5, 5.41) is 1.13. The molecule has 0 atom stereocenters. The van der Waals surface area contributed by atoms with Gasteiger partial charge in [0, 0.05) is 52.8 Å². The second-order valence-electron chi connectivity index (χ2n) is 10.2. The molecule has 2 aliphatic rings. The first-order valence-corrected chi connectivity index (χ1v) is 12.9. The number of hydrogen-bond acceptors (Lipinski definition) is 6. The minimum atomic E-state index is -0.432. The van der Waals surface area contributed by atoms with Gasteiger partial charge in [0.05, 0.1) is 38.9 Å². The van der Waals surface area contributed by atoms with Crippen LogP contribution in [0.4, 0.5) is 4.39 Å². The molecular formula is C29H30FN3O5. The molecule has 2 aromatic carbocycles. The number of aromatic nitrogens is 2. The number of benzene rings is 2. The SMILES string of the molecule is COc1cc2c(Oc3ccc4[nH]c(C)cc4c3F)ccnc2cc1OCCC(=O)N1CCC2(CC1)COC2. The summed E-state index contributed by atoms with van der Waals surface area (Å²) in [6.07, 6.45) is 3.87. The summed E-state index contributed by atoms with van der Waals surface area (Å²) in [5.41, 5.74) is 2.48. The number of amides is 1. The van der Waals surface area contributed by atoms with Crippen LogP contribution in [0.15, 0.2) is 42.6 Å². The number of H-pyrrole nitrogens is 1. The van der Waals surface area contributed by atoms with Crippen LogP contribution < -0.4 is 14.2 Å². The van der Waals surface area contributed by atoms with Crippen molar-refractivity contribution >= 4 is 27.7 Å². The molecule has 8 nitrogen and oxygen atoms in total. The summed E-state index contributed by atoms with van der Waals surface area (Å²) in [4.78, 5) is 22.2. The summed E-state index contributed by atoms with van der Waals surface area (Å²) in [6.45, 7) is 5.28. The highest BCUT2D eigenvalue weighted by Gasteiger charge is 2.41. The summed E-state index contributed by atoms with van der Waals surface area (Å²) in [6, 6.07) is 10.4. The normalized spacial score (nSPS) is 16.6. The smallest absolute Gasteiger partial charge is 0.225 e. The van der Waals surface area contributed by atoms with Crippen LogP contribution in [0.3, 0.4) is 0 Å². The molecule has 2 saturated heterocycles. The fourth-order valence-corrected chi connectivity index (χ4v) is 5.29. The van der Waals surface area contributed by atoms with Crippen LogP contribution in [0.5, 0.6) is 23.0 Å². The van der Waals surface area contributed by atoms with Crippen molar-refractivity contribution in [2.75, 3.05) is 40.0 Å². The number of hydrogen-bond donors (Lipinski definition) is 1. The van der Waals surface area contributed by atoms with E-state index >= 15 is 4.39 Å². The van der Waals surface area contributed by atoms with Crippen molar-refractivity contribution in [1.29, 1.82) is 0 Å². The quantitative estimate of drug-likeness (QED) is 0.353. The molecule has 6 rings (SSSR count). The Bertz CT molecular complexity index is 1500. The highest BCUT2D eigenvalue weighted by molar-refractivity contribution is 5.89. The number of carbonyl (C=O) groups excluding carboxylic acids is 1. The third kappa shape index (κ3) is 4.51. The number of carbonyl (C=O) groups is 1. The van der Waals surface area contributed by atoms with Gasteiger partial charge in [-0.15, -0.1) is 0 Å². The second kappa shape index (κ2) is 9.79. The average Bonchev–Trinajstić information content (AvgIpc) is 3.30. The molecule has 1 spiro atoms. The van der Waals surface area contributed by atoms with Gasteiger partial charge in [-0.1, -0.05) is 0 Å². The lowest BCUT2D eigenvalue weighted by Gasteiger charge is -2.47. The molecule has 2 fully saturated rings. The number of aromatic amines is 1. The van der Waals surface area contributed by atoms with Crippen molar-refractivity contribution in [2.45, 2.75) is 26.2 Å². The zero-order valence-corrected chi connectivity index (χ0v) is 21.5. The van der Waals surface area contributed by atoms with Crippen LogP contribution in [-0.2, 0) is 9.53 Å². The Balaban J connectivity index is 1.16. The molecule has 0 bridgehead atoms. The first kappa shape index (κ1) is 24.5. The fraction of sp³-hybridized carbons (Fsp3) is 0.379. The van der Waals surface area contributed by atoms with Gasteiger partial charge in [0.15, 0.2) is 23.1 Å². The van der Waals surface area contributed by atoms with E-state index in [0.29, 0.717) is 44.5 Å². The second-order valence-corrected chi connectivity index (χ2v) is 10.2.